The summed E-state index contributed by atoms with van der Waals surface area (Å²) in [7, 11) is 0. The number of carbonyl (C=O) groups is 2. The SMILES string of the molecule is O=C(NCc1ccccc1)N1CCC2(CC1)SCCN2C(=O)c1ccccc1F. The maximum Gasteiger partial charge on any atom is 0.317 e. The highest BCUT2D eigenvalue weighted by Gasteiger charge is 2.47. The summed E-state index contributed by atoms with van der Waals surface area (Å²) < 4.78 is 14.1. The summed E-state index contributed by atoms with van der Waals surface area (Å²) in [6, 6.07) is 15.9. The van der Waals surface area contributed by atoms with Gasteiger partial charge in [-0.25, -0.2) is 9.18 Å². The summed E-state index contributed by atoms with van der Waals surface area (Å²) in [6.45, 7) is 2.26. The van der Waals surface area contributed by atoms with Crippen molar-refractivity contribution in [1.29, 1.82) is 0 Å². The quantitative estimate of drug-likeness (QED) is 0.835. The van der Waals surface area contributed by atoms with E-state index in [-0.39, 0.29) is 22.4 Å². The van der Waals surface area contributed by atoms with E-state index in [2.05, 4.69) is 5.32 Å². The minimum atomic E-state index is -0.484. The van der Waals surface area contributed by atoms with Crippen molar-refractivity contribution >= 4 is 23.7 Å². The summed E-state index contributed by atoms with van der Waals surface area (Å²) in [4.78, 5) is 28.8. The predicted molar refractivity (Wildman–Crippen MR) is 112 cm³/mol. The van der Waals surface area contributed by atoms with Gasteiger partial charge in [-0.05, 0) is 30.5 Å². The number of amides is 3. The lowest BCUT2D eigenvalue weighted by molar-refractivity contribution is 0.0576. The number of halogens is 1. The van der Waals surface area contributed by atoms with Crippen molar-refractivity contribution in [3.8, 4) is 0 Å². The molecule has 4 rings (SSSR count). The standard InChI is InChI=1S/C22H24FN3O2S/c23-19-9-5-4-8-18(19)20(27)26-14-15-29-22(26)10-12-25(13-11-22)21(28)24-16-17-6-2-1-3-7-17/h1-9H,10-16H2,(H,24,28). The molecule has 2 fully saturated rings. The number of benzene rings is 2. The first-order valence-electron chi connectivity index (χ1n) is 9.86. The molecule has 2 aromatic rings. The number of nitrogens with one attached hydrogen (secondary N) is 1. The first-order valence-corrected chi connectivity index (χ1v) is 10.8. The molecule has 0 aromatic heterocycles. The Morgan fingerprint density at radius 2 is 1.69 bits per heavy atom. The van der Waals surface area contributed by atoms with Gasteiger partial charge >= 0.3 is 6.03 Å². The molecule has 5 nitrogen and oxygen atoms in total. The molecule has 2 aliphatic rings. The van der Waals surface area contributed by atoms with Gasteiger partial charge in [-0.3, -0.25) is 4.79 Å². The molecular formula is C22H24FN3O2S. The monoisotopic (exact) mass is 413 g/mol. The van der Waals surface area contributed by atoms with Crippen molar-refractivity contribution in [2.75, 3.05) is 25.4 Å². The van der Waals surface area contributed by atoms with E-state index in [1.165, 1.54) is 6.07 Å². The average Bonchev–Trinajstić information content (AvgIpc) is 3.16. The van der Waals surface area contributed by atoms with Crippen molar-refractivity contribution in [2.45, 2.75) is 24.3 Å². The molecule has 2 aromatic carbocycles. The van der Waals surface area contributed by atoms with Gasteiger partial charge in [0.05, 0.1) is 10.4 Å². The smallest absolute Gasteiger partial charge is 0.317 e. The van der Waals surface area contributed by atoms with Crippen LogP contribution in [0.4, 0.5) is 9.18 Å². The Morgan fingerprint density at radius 1 is 1.00 bits per heavy atom. The van der Waals surface area contributed by atoms with Crippen LogP contribution < -0.4 is 5.32 Å². The minimum Gasteiger partial charge on any atom is -0.334 e. The topological polar surface area (TPSA) is 52.7 Å². The van der Waals surface area contributed by atoms with Crippen molar-refractivity contribution in [3.63, 3.8) is 0 Å². The van der Waals surface area contributed by atoms with Gasteiger partial charge in [0.1, 0.15) is 5.82 Å². The van der Waals surface area contributed by atoms with Crippen LogP contribution in [0.5, 0.6) is 0 Å². The summed E-state index contributed by atoms with van der Waals surface area (Å²) >= 11 is 1.75. The van der Waals surface area contributed by atoms with E-state index in [0.717, 1.165) is 11.3 Å². The van der Waals surface area contributed by atoms with Crippen molar-refractivity contribution in [3.05, 3.63) is 71.5 Å². The largest absolute Gasteiger partial charge is 0.334 e. The van der Waals surface area contributed by atoms with Gasteiger partial charge in [-0.15, -0.1) is 11.8 Å². The van der Waals surface area contributed by atoms with E-state index < -0.39 is 5.82 Å². The fourth-order valence-corrected chi connectivity index (χ4v) is 5.49. The highest BCUT2D eigenvalue weighted by atomic mass is 32.2. The van der Waals surface area contributed by atoms with Crippen molar-refractivity contribution < 1.29 is 14.0 Å². The Morgan fingerprint density at radius 3 is 2.41 bits per heavy atom. The summed E-state index contributed by atoms with van der Waals surface area (Å²) in [5.74, 6) is 0.0952. The Labute approximate surface area is 174 Å². The second-order valence-corrected chi connectivity index (χ2v) is 8.82. The van der Waals surface area contributed by atoms with Crippen LogP contribution in [0, 0.1) is 5.82 Å². The molecule has 0 atom stereocenters. The fraction of sp³-hybridized carbons (Fsp3) is 0.364. The van der Waals surface area contributed by atoms with Crippen molar-refractivity contribution in [2.24, 2.45) is 0 Å². The third-order valence-corrected chi connectivity index (χ3v) is 7.20. The number of carbonyl (C=O) groups excluding carboxylic acids is 2. The second kappa shape index (κ2) is 8.45. The third-order valence-electron chi connectivity index (χ3n) is 5.65. The Kier molecular flexibility index (Phi) is 5.76. The molecule has 2 saturated heterocycles. The van der Waals surface area contributed by atoms with Crippen LogP contribution in [0.1, 0.15) is 28.8 Å². The minimum absolute atomic E-state index is 0.0846. The molecule has 0 radical (unpaired) electrons. The molecule has 1 spiro atoms. The molecule has 29 heavy (non-hydrogen) atoms. The lowest BCUT2D eigenvalue weighted by Gasteiger charge is -2.44. The van der Waals surface area contributed by atoms with Gasteiger partial charge in [0.2, 0.25) is 0 Å². The third kappa shape index (κ3) is 4.10. The second-order valence-electron chi connectivity index (χ2n) is 7.36. The number of rotatable bonds is 3. The molecule has 3 amide bonds. The van der Waals surface area contributed by atoms with E-state index in [0.29, 0.717) is 39.0 Å². The molecule has 0 saturated carbocycles. The van der Waals surface area contributed by atoms with E-state index in [1.807, 2.05) is 35.2 Å². The molecule has 0 aliphatic carbocycles. The predicted octanol–water partition coefficient (Wildman–Crippen LogP) is 3.72. The van der Waals surface area contributed by atoms with Gasteiger partial charge in [0, 0.05) is 31.9 Å². The lowest BCUT2D eigenvalue weighted by atomic mass is 10.0. The number of hydrogen-bond acceptors (Lipinski definition) is 3. The molecule has 0 unspecified atom stereocenters. The molecule has 0 bridgehead atoms. The van der Waals surface area contributed by atoms with Crippen LogP contribution in [0.15, 0.2) is 54.6 Å². The van der Waals surface area contributed by atoms with Gasteiger partial charge < -0.3 is 15.1 Å². The number of hydrogen-bond donors (Lipinski definition) is 1. The number of nitrogens with zero attached hydrogens (tertiary/aromatic N) is 2. The highest BCUT2D eigenvalue weighted by Crippen LogP contribution is 2.44. The van der Waals surface area contributed by atoms with Crippen LogP contribution in [0.25, 0.3) is 0 Å². The zero-order valence-corrected chi connectivity index (χ0v) is 17.0. The number of piperidine rings is 1. The first kappa shape index (κ1) is 19.8. The Bertz CT molecular complexity index is 885. The Balaban J connectivity index is 1.38. The van der Waals surface area contributed by atoms with E-state index >= 15 is 0 Å². The normalized spacial score (nSPS) is 18.1. The lowest BCUT2D eigenvalue weighted by Crippen LogP contribution is -2.55. The maximum atomic E-state index is 14.1. The van der Waals surface area contributed by atoms with E-state index in [4.69, 9.17) is 0 Å². The average molecular weight is 414 g/mol. The molecule has 2 heterocycles. The van der Waals surface area contributed by atoms with Gasteiger partial charge in [-0.1, -0.05) is 42.5 Å². The zero-order chi connectivity index (χ0) is 20.3. The summed E-state index contributed by atoms with van der Waals surface area (Å²) in [6.07, 6.45) is 1.38. The van der Waals surface area contributed by atoms with Gasteiger partial charge in [0.15, 0.2) is 0 Å². The Hall–Kier alpha value is -2.54. The van der Waals surface area contributed by atoms with Crippen molar-refractivity contribution in [1.82, 2.24) is 15.1 Å². The first-order chi connectivity index (χ1) is 14.1. The van der Waals surface area contributed by atoms with Gasteiger partial charge in [0.25, 0.3) is 5.91 Å². The molecule has 152 valence electrons. The highest BCUT2D eigenvalue weighted by molar-refractivity contribution is 8.00. The fourth-order valence-electron chi connectivity index (χ4n) is 4.03. The molecular weight excluding hydrogens is 389 g/mol. The van der Waals surface area contributed by atoms with Crippen LogP contribution in [0.2, 0.25) is 0 Å². The van der Waals surface area contributed by atoms with E-state index in [9.17, 15) is 14.0 Å². The summed E-state index contributed by atoms with van der Waals surface area (Å²) in [5.41, 5.74) is 1.18. The van der Waals surface area contributed by atoms with Crippen LogP contribution in [-0.2, 0) is 6.54 Å². The summed E-state index contributed by atoms with van der Waals surface area (Å²) in [5, 5.41) is 2.97. The van der Waals surface area contributed by atoms with E-state index in [1.54, 1.807) is 34.9 Å². The number of thioether (sulfide) groups is 1. The van der Waals surface area contributed by atoms with Gasteiger partial charge in [-0.2, -0.15) is 0 Å². The number of urea groups is 1. The van der Waals surface area contributed by atoms with Crippen LogP contribution in [-0.4, -0.2) is 52.0 Å². The van der Waals surface area contributed by atoms with Crippen LogP contribution in [0.3, 0.4) is 0 Å². The zero-order valence-electron chi connectivity index (χ0n) is 16.1. The molecule has 1 N–H and O–H groups in total. The number of likely N-dealkylation sites (tertiary alicyclic amines) is 1. The molecule has 2 aliphatic heterocycles. The maximum absolute atomic E-state index is 14.1. The molecule has 7 heteroatoms. The van der Waals surface area contributed by atoms with Crippen LogP contribution >= 0.6 is 11.8 Å².